The number of alkyl halides is 3. The second-order valence-corrected chi connectivity index (χ2v) is 7.30. The summed E-state index contributed by atoms with van der Waals surface area (Å²) >= 11 is 0. The third-order valence-corrected chi connectivity index (χ3v) is 5.66. The first-order valence-corrected chi connectivity index (χ1v) is 9.25. The van der Waals surface area contributed by atoms with Crippen molar-refractivity contribution in [3.05, 3.63) is 65.0 Å². The first kappa shape index (κ1) is 18.3. The highest BCUT2D eigenvalue weighted by molar-refractivity contribution is 5.58. The molecule has 4 atom stereocenters. The fraction of sp³-hybridized carbons (Fsp3) is 0.429. The van der Waals surface area contributed by atoms with E-state index in [2.05, 4.69) is 5.32 Å². The third-order valence-electron chi connectivity index (χ3n) is 5.66. The molecule has 1 saturated heterocycles. The average molecular weight is 379 g/mol. The lowest BCUT2D eigenvalue weighted by Gasteiger charge is -2.45. The fourth-order valence-corrected chi connectivity index (χ4v) is 4.23. The van der Waals surface area contributed by atoms with Gasteiger partial charge in [-0.3, -0.25) is 0 Å². The molecule has 0 bridgehead atoms. The molecule has 27 heavy (non-hydrogen) atoms. The van der Waals surface area contributed by atoms with Crippen LogP contribution in [-0.2, 0) is 10.9 Å². The molecule has 0 radical (unpaired) electrons. The van der Waals surface area contributed by atoms with E-state index in [9.17, 15) is 17.6 Å². The summed E-state index contributed by atoms with van der Waals surface area (Å²) < 4.78 is 59.2. The summed E-state index contributed by atoms with van der Waals surface area (Å²) in [6, 6.07) is 9.92. The molecule has 2 aromatic rings. The largest absolute Gasteiger partial charge is 0.416 e. The minimum Gasteiger partial charge on any atom is -0.378 e. The first-order chi connectivity index (χ1) is 12.9. The van der Waals surface area contributed by atoms with Gasteiger partial charge in [0, 0.05) is 17.2 Å². The fourth-order valence-electron chi connectivity index (χ4n) is 4.23. The molecule has 1 N–H and O–H groups in total. The summed E-state index contributed by atoms with van der Waals surface area (Å²) in [5.41, 5.74) is 1.46. The third kappa shape index (κ3) is 3.43. The van der Waals surface area contributed by atoms with Gasteiger partial charge in [-0.25, -0.2) is 4.39 Å². The highest BCUT2D eigenvalue weighted by atomic mass is 19.4. The van der Waals surface area contributed by atoms with Gasteiger partial charge in [0.05, 0.1) is 23.8 Å². The van der Waals surface area contributed by atoms with Crippen molar-refractivity contribution >= 4 is 5.69 Å². The van der Waals surface area contributed by atoms with Crippen LogP contribution in [0.2, 0.25) is 0 Å². The van der Waals surface area contributed by atoms with Crippen LogP contribution in [0.4, 0.5) is 23.2 Å². The van der Waals surface area contributed by atoms with Crippen LogP contribution in [0.25, 0.3) is 0 Å². The zero-order chi connectivity index (χ0) is 19.2. The van der Waals surface area contributed by atoms with Crippen LogP contribution in [0.3, 0.4) is 0 Å². The van der Waals surface area contributed by atoms with Crippen molar-refractivity contribution in [2.45, 2.75) is 50.6 Å². The number of halogens is 4. The Kier molecular flexibility index (Phi) is 4.62. The van der Waals surface area contributed by atoms with Gasteiger partial charge in [-0.05, 0) is 55.2 Å². The predicted molar refractivity (Wildman–Crippen MR) is 94.8 cm³/mol. The molecule has 0 saturated carbocycles. The topological polar surface area (TPSA) is 21.3 Å². The van der Waals surface area contributed by atoms with E-state index in [-0.39, 0.29) is 23.9 Å². The molecule has 2 nitrogen and oxygen atoms in total. The summed E-state index contributed by atoms with van der Waals surface area (Å²) in [7, 11) is 0. The van der Waals surface area contributed by atoms with Gasteiger partial charge in [0.1, 0.15) is 5.82 Å². The van der Waals surface area contributed by atoms with E-state index in [0.717, 1.165) is 30.9 Å². The van der Waals surface area contributed by atoms with E-state index in [0.29, 0.717) is 11.3 Å². The SMILES string of the molecule is CC[C@H]1CC[C@@H]2[C@H](O1)c1cc(C(F)(F)F)ccc1N[C@H]2c1ccc(F)cc1. The lowest BCUT2D eigenvalue weighted by Crippen LogP contribution is -2.39. The number of ether oxygens (including phenoxy) is 1. The molecule has 2 aliphatic rings. The van der Waals surface area contributed by atoms with E-state index in [1.165, 1.54) is 24.3 Å². The van der Waals surface area contributed by atoms with Crippen molar-refractivity contribution in [3.8, 4) is 0 Å². The maximum Gasteiger partial charge on any atom is 0.416 e. The van der Waals surface area contributed by atoms with Crippen molar-refractivity contribution in [3.63, 3.8) is 0 Å². The molecule has 0 aromatic heterocycles. The number of fused-ring (bicyclic) bond motifs is 3. The van der Waals surface area contributed by atoms with E-state index < -0.39 is 17.8 Å². The van der Waals surface area contributed by atoms with Crippen LogP contribution in [0.1, 0.15) is 55.0 Å². The molecule has 6 heteroatoms. The van der Waals surface area contributed by atoms with Crippen molar-refractivity contribution < 1.29 is 22.3 Å². The van der Waals surface area contributed by atoms with E-state index in [1.807, 2.05) is 6.92 Å². The predicted octanol–water partition coefficient (Wildman–Crippen LogP) is 6.26. The number of hydrogen-bond donors (Lipinski definition) is 1. The molecule has 0 unspecified atom stereocenters. The molecular weight excluding hydrogens is 358 g/mol. The quantitative estimate of drug-likeness (QED) is 0.622. The Bertz CT molecular complexity index is 818. The van der Waals surface area contributed by atoms with Crippen LogP contribution in [-0.4, -0.2) is 6.10 Å². The maximum atomic E-state index is 13.3. The molecule has 2 aliphatic heterocycles. The molecule has 1 fully saturated rings. The Labute approximate surface area is 155 Å². The maximum absolute atomic E-state index is 13.3. The normalized spacial score (nSPS) is 27.4. The van der Waals surface area contributed by atoms with Crippen molar-refractivity contribution in [2.75, 3.05) is 5.32 Å². The molecule has 2 heterocycles. The van der Waals surface area contributed by atoms with Gasteiger partial charge >= 0.3 is 6.18 Å². The van der Waals surface area contributed by atoms with E-state index in [4.69, 9.17) is 4.74 Å². The zero-order valence-corrected chi connectivity index (χ0v) is 14.9. The van der Waals surface area contributed by atoms with Gasteiger partial charge < -0.3 is 10.1 Å². The summed E-state index contributed by atoms with van der Waals surface area (Å²) in [5, 5.41) is 3.37. The highest BCUT2D eigenvalue weighted by Crippen LogP contribution is 2.51. The van der Waals surface area contributed by atoms with Crippen LogP contribution < -0.4 is 5.32 Å². The lowest BCUT2D eigenvalue weighted by atomic mass is 9.76. The van der Waals surface area contributed by atoms with Crippen molar-refractivity contribution in [1.82, 2.24) is 0 Å². The Hall–Kier alpha value is -2.08. The molecule has 4 rings (SSSR count). The van der Waals surface area contributed by atoms with Gasteiger partial charge in [0.25, 0.3) is 0 Å². The highest BCUT2D eigenvalue weighted by Gasteiger charge is 2.43. The summed E-state index contributed by atoms with van der Waals surface area (Å²) in [5.74, 6) is -0.318. The first-order valence-electron chi connectivity index (χ1n) is 9.25. The standard InChI is InChI=1S/C21H21F4NO/c1-2-15-8-9-16-19(12-3-6-14(22)7-4-12)26-18-10-5-13(21(23,24)25)11-17(18)20(16)27-15/h3-7,10-11,15-16,19-20,26H,2,8-9H2,1H3/t15-,16-,19-,20-/m0/s1. The number of anilines is 1. The minimum atomic E-state index is -4.39. The molecular formula is C21H21F4NO. The second kappa shape index (κ2) is 6.82. The minimum absolute atomic E-state index is 0.00533. The number of nitrogens with one attached hydrogen (secondary N) is 1. The number of rotatable bonds is 2. The van der Waals surface area contributed by atoms with Gasteiger partial charge in [-0.2, -0.15) is 13.2 Å². The molecule has 0 aliphatic carbocycles. The summed E-state index contributed by atoms with van der Waals surface area (Å²) in [6.07, 6.45) is -2.22. The smallest absolute Gasteiger partial charge is 0.378 e. The van der Waals surface area contributed by atoms with Gasteiger partial charge in [-0.1, -0.05) is 19.1 Å². The Morgan fingerprint density at radius 2 is 1.81 bits per heavy atom. The second-order valence-electron chi connectivity index (χ2n) is 7.30. The molecule has 144 valence electrons. The number of hydrogen-bond acceptors (Lipinski definition) is 2. The lowest BCUT2D eigenvalue weighted by molar-refractivity contribution is -0.138. The van der Waals surface area contributed by atoms with Crippen LogP contribution in [0, 0.1) is 11.7 Å². The summed E-state index contributed by atoms with van der Waals surface area (Å²) in [6.45, 7) is 2.02. The van der Waals surface area contributed by atoms with Crippen molar-refractivity contribution in [1.29, 1.82) is 0 Å². The molecule has 0 spiro atoms. The van der Waals surface area contributed by atoms with Gasteiger partial charge in [0.2, 0.25) is 0 Å². The zero-order valence-electron chi connectivity index (χ0n) is 14.9. The van der Waals surface area contributed by atoms with E-state index in [1.54, 1.807) is 12.1 Å². The monoisotopic (exact) mass is 379 g/mol. The molecule has 0 amide bonds. The van der Waals surface area contributed by atoms with Gasteiger partial charge in [0.15, 0.2) is 0 Å². The Balaban J connectivity index is 1.76. The molecule has 2 aromatic carbocycles. The number of benzene rings is 2. The summed E-state index contributed by atoms with van der Waals surface area (Å²) in [4.78, 5) is 0. The van der Waals surface area contributed by atoms with E-state index >= 15 is 0 Å². The van der Waals surface area contributed by atoms with Gasteiger partial charge in [-0.15, -0.1) is 0 Å². The Morgan fingerprint density at radius 1 is 1.07 bits per heavy atom. The Morgan fingerprint density at radius 3 is 2.48 bits per heavy atom. The van der Waals surface area contributed by atoms with Crippen LogP contribution in [0.15, 0.2) is 42.5 Å². The average Bonchev–Trinajstić information content (AvgIpc) is 2.66. The van der Waals surface area contributed by atoms with Crippen molar-refractivity contribution in [2.24, 2.45) is 5.92 Å². The van der Waals surface area contributed by atoms with Crippen LogP contribution >= 0.6 is 0 Å². The van der Waals surface area contributed by atoms with Crippen LogP contribution in [0.5, 0.6) is 0 Å².